The summed E-state index contributed by atoms with van der Waals surface area (Å²) in [6, 6.07) is 9.36. The van der Waals surface area contributed by atoms with Gasteiger partial charge in [-0.2, -0.15) is 5.10 Å². The zero-order valence-corrected chi connectivity index (χ0v) is 15.5. The van der Waals surface area contributed by atoms with Crippen molar-refractivity contribution in [3.8, 4) is 22.9 Å². The number of nitrogens with one attached hydrogen (secondary N) is 1. The molecule has 8 heteroatoms. The Bertz CT molecular complexity index is 936. The van der Waals surface area contributed by atoms with E-state index in [4.69, 9.17) is 9.47 Å². The van der Waals surface area contributed by atoms with E-state index >= 15 is 0 Å². The van der Waals surface area contributed by atoms with E-state index in [1.807, 2.05) is 29.2 Å². The van der Waals surface area contributed by atoms with Crippen LogP contribution in [0.25, 0.3) is 11.3 Å². The molecule has 0 saturated carbocycles. The molecule has 1 aromatic carbocycles. The van der Waals surface area contributed by atoms with Crippen molar-refractivity contribution in [2.45, 2.75) is 18.9 Å². The van der Waals surface area contributed by atoms with Crippen LogP contribution in [-0.4, -0.2) is 57.3 Å². The molecule has 0 radical (unpaired) electrons. The summed E-state index contributed by atoms with van der Waals surface area (Å²) in [4.78, 5) is 22.7. The molecule has 1 aliphatic rings. The number of hydrogen-bond donors (Lipinski definition) is 1. The lowest BCUT2D eigenvalue weighted by Gasteiger charge is -2.31. The summed E-state index contributed by atoms with van der Waals surface area (Å²) in [5.41, 5.74) is 2.08. The number of likely N-dealkylation sites (tertiary alicyclic amines) is 1. The van der Waals surface area contributed by atoms with Gasteiger partial charge in [-0.25, -0.2) is 4.98 Å². The van der Waals surface area contributed by atoms with Gasteiger partial charge in [0.25, 0.3) is 5.91 Å². The molecule has 1 saturated heterocycles. The van der Waals surface area contributed by atoms with Crippen molar-refractivity contribution < 1.29 is 14.3 Å². The van der Waals surface area contributed by atoms with Crippen LogP contribution in [0.1, 0.15) is 23.3 Å². The molecule has 144 valence electrons. The second-order valence-electron chi connectivity index (χ2n) is 6.55. The number of aromatic amines is 1. The van der Waals surface area contributed by atoms with E-state index < -0.39 is 0 Å². The number of rotatable bonds is 5. The van der Waals surface area contributed by atoms with Gasteiger partial charge >= 0.3 is 0 Å². The highest BCUT2D eigenvalue weighted by atomic mass is 16.5. The summed E-state index contributed by atoms with van der Waals surface area (Å²) in [6.07, 6.45) is 6.35. The number of nitrogens with zero attached hydrogens (tertiary/aromatic N) is 4. The number of hydrogen-bond acceptors (Lipinski definition) is 6. The van der Waals surface area contributed by atoms with E-state index in [9.17, 15) is 4.79 Å². The van der Waals surface area contributed by atoms with Gasteiger partial charge in [0, 0.05) is 43.9 Å². The summed E-state index contributed by atoms with van der Waals surface area (Å²) in [7, 11) is 1.62. The number of carbonyl (C=O) groups excluding carboxylic acids is 1. The maximum Gasteiger partial charge on any atom is 0.271 e. The van der Waals surface area contributed by atoms with Gasteiger partial charge < -0.3 is 14.4 Å². The summed E-state index contributed by atoms with van der Waals surface area (Å²) < 4.78 is 11.1. The molecule has 0 spiro atoms. The molecule has 4 rings (SSSR count). The third-order valence-corrected chi connectivity index (χ3v) is 4.73. The molecule has 0 unspecified atom stereocenters. The standard InChI is InChI=1S/C20H21N5O3/c1-27-16-4-2-3-14(11-16)17-12-18(24-23-17)20(26)25-9-5-15(6-10-25)28-19-13-21-7-8-22-19/h2-4,7-8,11-13,15H,5-6,9-10H2,1H3,(H,23,24). The summed E-state index contributed by atoms with van der Waals surface area (Å²) in [6.45, 7) is 1.24. The van der Waals surface area contributed by atoms with Crippen molar-refractivity contribution in [2.24, 2.45) is 0 Å². The van der Waals surface area contributed by atoms with Crippen LogP contribution < -0.4 is 9.47 Å². The van der Waals surface area contributed by atoms with Crippen LogP contribution in [0.15, 0.2) is 48.9 Å². The zero-order chi connectivity index (χ0) is 19.3. The van der Waals surface area contributed by atoms with Gasteiger partial charge in [-0.05, 0) is 18.2 Å². The first-order chi connectivity index (χ1) is 13.7. The second-order valence-corrected chi connectivity index (χ2v) is 6.55. The summed E-state index contributed by atoms with van der Waals surface area (Å²) in [5.74, 6) is 1.21. The number of benzene rings is 1. The lowest BCUT2D eigenvalue weighted by atomic mass is 10.1. The molecule has 1 N–H and O–H groups in total. The monoisotopic (exact) mass is 379 g/mol. The Balaban J connectivity index is 1.37. The number of methoxy groups -OCH3 is 1. The van der Waals surface area contributed by atoms with E-state index in [0.717, 1.165) is 24.2 Å². The fourth-order valence-corrected chi connectivity index (χ4v) is 3.23. The maximum atomic E-state index is 12.8. The number of H-pyrrole nitrogens is 1. The third-order valence-electron chi connectivity index (χ3n) is 4.73. The quantitative estimate of drug-likeness (QED) is 0.732. The van der Waals surface area contributed by atoms with Crippen LogP contribution in [0.5, 0.6) is 11.6 Å². The fourth-order valence-electron chi connectivity index (χ4n) is 3.23. The van der Waals surface area contributed by atoms with Crippen LogP contribution in [0.2, 0.25) is 0 Å². The Morgan fingerprint density at radius 3 is 2.82 bits per heavy atom. The molecular formula is C20H21N5O3. The van der Waals surface area contributed by atoms with Gasteiger partial charge in [0.05, 0.1) is 19.0 Å². The van der Waals surface area contributed by atoms with Gasteiger partial charge in [-0.15, -0.1) is 0 Å². The van der Waals surface area contributed by atoms with Crippen molar-refractivity contribution in [3.05, 3.63) is 54.6 Å². The highest BCUT2D eigenvalue weighted by molar-refractivity contribution is 5.93. The molecule has 3 heterocycles. The van der Waals surface area contributed by atoms with Gasteiger partial charge in [-0.3, -0.25) is 14.9 Å². The van der Waals surface area contributed by atoms with Gasteiger partial charge in [0.15, 0.2) is 0 Å². The summed E-state index contributed by atoms with van der Waals surface area (Å²) in [5, 5.41) is 7.14. The molecule has 28 heavy (non-hydrogen) atoms. The maximum absolute atomic E-state index is 12.8. The molecule has 0 aliphatic carbocycles. The Morgan fingerprint density at radius 1 is 1.21 bits per heavy atom. The Morgan fingerprint density at radius 2 is 2.07 bits per heavy atom. The van der Waals surface area contributed by atoms with E-state index in [1.165, 1.54) is 0 Å². The zero-order valence-electron chi connectivity index (χ0n) is 15.5. The highest BCUT2D eigenvalue weighted by Crippen LogP contribution is 2.24. The molecule has 8 nitrogen and oxygen atoms in total. The van der Waals surface area contributed by atoms with E-state index in [1.54, 1.807) is 31.8 Å². The molecule has 1 fully saturated rings. The highest BCUT2D eigenvalue weighted by Gasteiger charge is 2.26. The van der Waals surface area contributed by atoms with Crippen LogP contribution in [-0.2, 0) is 0 Å². The van der Waals surface area contributed by atoms with Gasteiger partial charge in [0.2, 0.25) is 5.88 Å². The molecular weight excluding hydrogens is 358 g/mol. The number of amides is 1. The smallest absolute Gasteiger partial charge is 0.271 e. The fraction of sp³-hybridized carbons (Fsp3) is 0.300. The first kappa shape index (κ1) is 18.0. The average Bonchev–Trinajstić information content (AvgIpc) is 3.25. The average molecular weight is 379 g/mol. The largest absolute Gasteiger partial charge is 0.497 e. The van der Waals surface area contributed by atoms with Gasteiger partial charge in [-0.1, -0.05) is 12.1 Å². The molecule has 1 amide bonds. The van der Waals surface area contributed by atoms with Crippen molar-refractivity contribution in [2.75, 3.05) is 20.2 Å². The summed E-state index contributed by atoms with van der Waals surface area (Å²) >= 11 is 0. The molecule has 3 aromatic rings. The Kier molecular flexibility index (Phi) is 5.18. The van der Waals surface area contributed by atoms with Gasteiger partial charge in [0.1, 0.15) is 17.5 Å². The number of aromatic nitrogens is 4. The van der Waals surface area contributed by atoms with Crippen LogP contribution >= 0.6 is 0 Å². The van der Waals surface area contributed by atoms with Crippen LogP contribution in [0, 0.1) is 0 Å². The van der Waals surface area contributed by atoms with Crippen LogP contribution in [0.4, 0.5) is 0 Å². The van der Waals surface area contributed by atoms with E-state index in [-0.39, 0.29) is 12.0 Å². The lowest BCUT2D eigenvalue weighted by molar-refractivity contribution is 0.0582. The Hall–Kier alpha value is -3.42. The minimum absolute atomic E-state index is 0.0369. The number of carbonyl (C=O) groups is 1. The van der Waals surface area contributed by atoms with Crippen molar-refractivity contribution >= 4 is 5.91 Å². The topological polar surface area (TPSA) is 93.2 Å². The van der Waals surface area contributed by atoms with E-state index in [2.05, 4.69) is 20.2 Å². The normalized spacial score (nSPS) is 14.7. The molecule has 1 aliphatic heterocycles. The first-order valence-corrected chi connectivity index (χ1v) is 9.15. The SMILES string of the molecule is COc1cccc(-c2cc(C(=O)N3CCC(Oc4cnccn4)CC3)[nH]n2)c1. The molecule has 2 aromatic heterocycles. The lowest BCUT2D eigenvalue weighted by Crippen LogP contribution is -2.42. The first-order valence-electron chi connectivity index (χ1n) is 9.15. The Labute approximate surface area is 162 Å². The van der Waals surface area contributed by atoms with Crippen molar-refractivity contribution in [3.63, 3.8) is 0 Å². The molecule has 0 bridgehead atoms. The van der Waals surface area contributed by atoms with E-state index in [0.29, 0.717) is 30.4 Å². The van der Waals surface area contributed by atoms with Crippen molar-refractivity contribution in [1.29, 1.82) is 0 Å². The molecule has 0 atom stereocenters. The predicted octanol–water partition coefficient (Wildman–Crippen LogP) is 2.56. The third kappa shape index (κ3) is 3.95. The predicted molar refractivity (Wildman–Crippen MR) is 102 cm³/mol. The number of piperidine rings is 1. The minimum atomic E-state index is -0.0559. The minimum Gasteiger partial charge on any atom is -0.497 e. The second kappa shape index (κ2) is 8.08. The van der Waals surface area contributed by atoms with Crippen LogP contribution in [0.3, 0.4) is 0 Å². The van der Waals surface area contributed by atoms with Crippen molar-refractivity contribution in [1.82, 2.24) is 25.1 Å². The number of ether oxygens (including phenoxy) is 2.